The van der Waals surface area contributed by atoms with E-state index in [1.165, 1.54) is 12.1 Å². The molecule has 0 unspecified atom stereocenters. The molecular formula is C12H16F2N2O. The van der Waals surface area contributed by atoms with Crippen LogP contribution in [-0.4, -0.2) is 19.0 Å². The van der Waals surface area contributed by atoms with Gasteiger partial charge in [0.05, 0.1) is 6.54 Å². The molecule has 1 aromatic carbocycles. The molecule has 0 saturated carbocycles. The van der Waals surface area contributed by atoms with E-state index in [2.05, 4.69) is 10.6 Å². The smallest absolute Gasteiger partial charge is 0.234 e. The molecule has 0 aliphatic rings. The average Bonchev–Trinajstić information content (AvgIpc) is 2.28. The van der Waals surface area contributed by atoms with Crippen molar-refractivity contribution in [3.63, 3.8) is 0 Å². The summed E-state index contributed by atoms with van der Waals surface area (Å²) in [5, 5.41) is 5.48. The number of halogens is 2. The van der Waals surface area contributed by atoms with Crippen LogP contribution in [0.25, 0.3) is 0 Å². The number of rotatable bonds is 6. The maximum absolute atomic E-state index is 13.2. The van der Waals surface area contributed by atoms with E-state index in [-0.39, 0.29) is 24.6 Å². The van der Waals surface area contributed by atoms with Gasteiger partial charge >= 0.3 is 0 Å². The lowest BCUT2D eigenvalue weighted by Crippen LogP contribution is -2.33. The van der Waals surface area contributed by atoms with Crippen molar-refractivity contribution in [1.82, 2.24) is 10.6 Å². The first kappa shape index (κ1) is 13.6. The van der Waals surface area contributed by atoms with E-state index in [0.29, 0.717) is 0 Å². The largest absolute Gasteiger partial charge is 0.351 e. The molecule has 17 heavy (non-hydrogen) atoms. The molecule has 0 aliphatic carbocycles. The Labute approximate surface area is 99.2 Å². The van der Waals surface area contributed by atoms with Crippen LogP contribution in [0.5, 0.6) is 0 Å². The zero-order valence-electron chi connectivity index (χ0n) is 9.72. The second-order valence-corrected chi connectivity index (χ2v) is 3.69. The lowest BCUT2D eigenvalue weighted by molar-refractivity contribution is -0.120. The zero-order chi connectivity index (χ0) is 12.7. The summed E-state index contributed by atoms with van der Waals surface area (Å²) in [7, 11) is 0. The van der Waals surface area contributed by atoms with Crippen LogP contribution in [0.15, 0.2) is 18.2 Å². The number of amides is 1. The third kappa shape index (κ3) is 4.91. The molecule has 2 N–H and O–H groups in total. The Balaban J connectivity index is 2.37. The van der Waals surface area contributed by atoms with Crippen LogP contribution in [-0.2, 0) is 11.3 Å². The molecule has 1 amide bonds. The van der Waals surface area contributed by atoms with Gasteiger partial charge in [0.25, 0.3) is 0 Å². The van der Waals surface area contributed by atoms with E-state index in [1.807, 2.05) is 6.92 Å². The molecule has 0 aliphatic heterocycles. The second-order valence-electron chi connectivity index (χ2n) is 3.69. The summed E-state index contributed by atoms with van der Waals surface area (Å²) in [6.07, 6.45) is 0.944. The normalized spacial score (nSPS) is 10.3. The summed E-state index contributed by atoms with van der Waals surface area (Å²) in [6, 6.07) is 3.29. The van der Waals surface area contributed by atoms with Crippen LogP contribution in [0.1, 0.15) is 18.9 Å². The molecule has 0 atom stereocenters. The first-order valence-electron chi connectivity index (χ1n) is 5.54. The van der Waals surface area contributed by atoms with E-state index < -0.39 is 11.6 Å². The molecule has 0 bridgehead atoms. The van der Waals surface area contributed by atoms with E-state index in [1.54, 1.807) is 0 Å². The molecule has 0 aromatic heterocycles. The van der Waals surface area contributed by atoms with Crippen LogP contribution < -0.4 is 10.6 Å². The molecule has 0 heterocycles. The van der Waals surface area contributed by atoms with Crippen LogP contribution in [0.2, 0.25) is 0 Å². The summed E-state index contributed by atoms with van der Waals surface area (Å²) in [5.74, 6) is -1.48. The molecule has 1 aromatic rings. The van der Waals surface area contributed by atoms with Gasteiger partial charge in [-0.05, 0) is 19.0 Å². The number of carbonyl (C=O) groups is 1. The van der Waals surface area contributed by atoms with Crippen molar-refractivity contribution in [1.29, 1.82) is 0 Å². The summed E-state index contributed by atoms with van der Waals surface area (Å²) in [6.45, 7) is 3.03. The number of nitrogens with one attached hydrogen (secondary N) is 2. The van der Waals surface area contributed by atoms with Gasteiger partial charge in [-0.15, -0.1) is 0 Å². The highest BCUT2D eigenvalue weighted by Crippen LogP contribution is 2.08. The van der Waals surface area contributed by atoms with Gasteiger partial charge in [0.1, 0.15) is 11.6 Å². The Morgan fingerprint density at radius 3 is 2.76 bits per heavy atom. The fraction of sp³-hybridized carbons (Fsp3) is 0.417. The number of carbonyl (C=O) groups excluding carboxylic acids is 1. The third-order valence-electron chi connectivity index (χ3n) is 2.20. The molecule has 1 rings (SSSR count). The summed E-state index contributed by atoms with van der Waals surface area (Å²) < 4.78 is 25.8. The van der Waals surface area contributed by atoms with Crippen molar-refractivity contribution in [2.45, 2.75) is 19.9 Å². The van der Waals surface area contributed by atoms with Gasteiger partial charge < -0.3 is 10.6 Å². The SMILES string of the molecule is CCCNCC(=O)NCc1ccc(F)cc1F. The van der Waals surface area contributed by atoms with Crippen molar-refractivity contribution < 1.29 is 13.6 Å². The van der Waals surface area contributed by atoms with Gasteiger partial charge in [-0.2, -0.15) is 0 Å². The topological polar surface area (TPSA) is 41.1 Å². The predicted molar refractivity (Wildman–Crippen MR) is 61.4 cm³/mol. The Hall–Kier alpha value is -1.49. The Morgan fingerprint density at radius 2 is 2.12 bits per heavy atom. The fourth-order valence-corrected chi connectivity index (χ4v) is 1.30. The van der Waals surface area contributed by atoms with E-state index in [9.17, 15) is 13.6 Å². The lowest BCUT2D eigenvalue weighted by Gasteiger charge is -2.07. The van der Waals surface area contributed by atoms with Gasteiger partial charge in [-0.25, -0.2) is 8.78 Å². The summed E-state index contributed by atoms with van der Waals surface area (Å²) >= 11 is 0. The van der Waals surface area contributed by atoms with Gasteiger partial charge in [-0.1, -0.05) is 13.0 Å². The van der Waals surface area contributed by atoms with Crippen molar-refractivity contribution in [3.8, 4) is 0 Å². The minimum Gasteiger partial charge on any atom is -0.351 e. The highest BCUT2D eigenvalue weighted by atomic mass is 19.1. The van der Waals surface area contributed by atoms with Crippen LogP contribution in [0, 0.1) is 11.6 Å². The minimum atomic E-state index is -0.646. The first-order valence-corrected chi connectivity index (χ1v) is 5.54. The fourth-order valence-electron chi connectivity index (χ4n) is 1.30. The molecule has 3 nitrogen and oxygen atoms in total. The summed E-state index contributed by atoms with van der Waals surface area (Å²) in [5.41, 5.74) is 0.273. The minimum absolute atomic E-state index is 0.0682. The zero-order valence-corrected chi connectivity index (χ0v) is 9.72. The average molecular weight is 242 g/mol. The number of hydrogen-bond acceptors (Lipinski definition) is 2. The van der Waals surface area contributed by atoms with Gasteiger partial charge in [0.2, 0.25) is 5.91 Å². The van der Waals surface area contributed by atoms with Crippen LogP contribution in [0.3, 0.4) is 0 Å². The van der Waals surface area contributed by atoms with Gasteiger partial charge in [-0.3, -0.25) is 4.79 Å². The maximum Gasteiger partial charge on any atom is 0.234 e. The standard InChI is InChI=1S/C12H16F2N2O/c1-2-5-15-8-12(17)16-7-9-3-4-10(13)6-11(9)14/h3-4,6,15H,2,5,7-8H2,1H3,(H,16,17). The Kier molecular flexibility index (Phi) is 5.56. The van der Waals surface area contributed by atoms with Crippen LogP contribution >= 0.6 is 0 Å². The van der Waals surface area contributed by atoms with Crippen molar-refractivity contribution in [2.75, 3.05) is 13.1 Å². The second kappa shape index (κ2) is 6.96. The van der Waals surface area contributed by atoms with Crippen molar-refractivity contribution >= 4 is 5.91 Å². The van der Waals surface area contributed by atoms with E-state index in [0.717, 1.165) is 19.0 Å². The molecule has 0 saturated heterocycles. The Bertz CT molecular complexity index is 383. The predicted octanol–water partition coefficient (Wildman–Crippen LogP) is 1.58. The van der Waals surface area contributed by atoms with Crippen molar-refractivity contribution in [3.05, 3.63) is 35.4 Å². The number of hydrogen-bond donors (Lipinski definition) is 2. The van der Waals surface area contributed by atoms with Crippen molar-refractivity contribution in [2.24, 2.45) is 0 Å². The molecule has 0 radical (unpaired) electrons. The first-order chi connectivity index (χ1) is 8.13. The summed E-state index contributed by atoms with van der Waals surface area (Å²) in [4.78, 5) is 11.3. The highest BCUT2D eigenvalue weighted by Gasteiger charge is 2.05. The van der Waals surface area contributed by atoms with Gasteiger partial charge in [0, 0.05) is 18.2 Å². The Morgan fingerprint density at radius 1 is 1.35 bits per heavy atom. The van der Waals surface area contributed by atoms with E-state index in [4.69, 9.17) is 0 Å². The molecule has 5 heteroatoms. The monoisotopic (exact) mass is 242 g/mol. The maximum atomic E-state index is 13.2. The highest BCUT2D eigenvalue weighted by molar-refractivity contribution is 5.77. The van der Waals surface area contributed by atoms with Crippen LogP contribution in [0.4, 0.5) is 8.78 Å². The third-order valence-corrected chi connectivity index (χ3v) is 2.20. The number of benzene rings is 1. The molecular weight excluding hydrogens is 226 g/mol. The molecule has 0 fully saturated rings. The quantitative estimate of drug-likeness (QED) is 0.744. The molecule has 0 spiro atoms. The molecule has 94 valence electrons. The van der Waals surface area contributed by atoms with Gasteiger partial charge in [0.15, 0.2) is 0 Å². The lowest BCUT2D eigenvalue weighted by atomic mass is 10.2. The van der Waals surface area contributed by atoms with E-state index >= 15 is 0 Å².